The monoisotopic (exact) mass is 432 g/mol. The first-order valence-corrected chi connectivity index (χ1v) is 12.0. The molecule has 0 amide bonds. The van der Waals surface area contributed by atoms with E-state index in [1.165, 1.54) is 47.2 Å². The van der Waals surface area contributed by atoms with Crippen molar-refractivity contribution in [1.29, 1.82) is 0 Å². The van der Waals surface area contributed by atoms with Gasteiger partial charge in [-0.2, -0.15) is 11.1 Å². The van der Waals surface area contributed by atoms with Crippen molar-refractivity contribution < 1.29 is 21.7 Å². The van der Waals surface area contributed by atoms with Crippen molar-refractivity contribution in [1.82, 2.24) is 0 Å². The molecule has 28 heavy (non-hydrogen) atoms. The molecular formula is C26H44SiTi. The predicted octanol–water partition coefficient (Wildman–Crippen LogP) is 7.99. The van der Waals surface area contributed by atoms with Crippen LogP contribution in [0.4, 0.5) is 0 Å². The minimum absolute atomic E-state index is 0. The molecule has 0 spiro atoms. The zero-order valence-electron chi connectivity index (χ0n) is 20.6. The van der Waals surface area contributed by atoms with Gasteiger partial charge in [0.1, 0.15) is 0 Å². The third kappa shape index (κ3) is 5.41. The van der Waals surface area contributed by atoms with Crippen LogP contribution in [0.1, 0.15) is 65.5 Å². The summed E-state index contributed by atoms with van der Waals surface area (Å²) in [5.74, 6) is 0. The summed E-state index contributed by atoms with van der Waals surface area (Å²) in [5, 5.41) is 1.79. The maximum Gasteiger partial charge on any atom is 4.00 e. The van der Waals surface area contributed by atoms with Crippen molar-refractivity contribution in [3.8, 4) is 0 Å². The number of rotatable bonds is 6. The van der Waals surface area contributed by atoms with Crippen LogP contribution in [0.5, 0.6) is 0 Å². The maximum absolute atomic E-state index is 3.98. The van der Waals surface area contributed by atoms with Crippen LogP contribution in [0.2, 0.25) is 17.1 Å². The fourth-order valence-corrected chi connectivity index (χ4v) is 11.5. The van der Waals surface area contributed by atoms with E-state index in [9.17, 15) is 0 Å². The Bertz CT molecular complexity index is 657. The zero-order valence-corrected chi connectivity index (χ0v) is 23.1. The van der Waals surface area contributed by atoms with Crippen LogP contribution in [0.15, 0.2) is 34.9 Å². The van der Waals surface area contributed by atoms with Crippen LogP contribution in [0.3, 0.4) is 0 Å². The molecule has 0 saturated heterocycles. The van der Waals surface area contributed by atoms with Gasteiger partial charge in [0.15, 0.2) is 0 Å². The number of aryl methyl sites for hydroxylation is 2. The number of benzene rings is 1. The van der Waals surface area contributed by atoms with Crippen LogP contribution in [-0.4, -0.2) is 8.07 Å². The van der Waals surface area contributed by atoms with Gasteiger partial charge in [0.05, 0.1) is 8.07 Å². The minimum atomic E-state index is -1.76. The fourth-order valence-electron chi connectivity index (χ4n) is 5.00. The largest absolute Gasteiger partial charge is 4.00 e. The Morgan fingerprint density at radius 1 is 0.821 bits per heavy atom. The molecule has 1 aliphatic carbocycles. The summed E-state index contributed by atoms with van der Waals surface area (Å²) < 4.78 is 0. The van der Waals surface area contributed by atoms with E-state index in [1.54, 1.807) is 10.8 Å². The van der Waals surface area contributed by atoms with Crippen LogP contribution >= 0.6 is 0 Å². The molecule has 1 aromatic rings. The van der Waals surface area contributed by atoms with Gasteiger partial charge in [-0.15, -0.1) is 6.92 Å². The van der Waals surface area contributed by atoms with Gasteiger partial charge in [0.25, 0.3) is 0 Å². The molecule has 0 aliphatic heterocycles. The Kier molecular flexibility index (Phi) is 14.3. The quantitative estimate of drug-likeness (QED) is 0.316. The van der Waals surface area contributed by atoms with Crippen molar-refractivity contribution in [2.45, 2.75) is 85.4 Å². The first-order chi connectivity index (χ1) is 11.2. The summed E-state index contributed by atoms with van der Waals surface area (Å²) in [7, 11) is -1.76. The fraction of sp³-hybridized carbons (Fsp3) is 0.500. The minimum Gasteiger partial charge on any atom is -0.358 e. The maximum atomic E-state index is 3.98. The second kappa shape index (κ2) is 12.4. The van der Waals surface area contributed by atoms with Crippen molar-refractivity contribution in [2.75, 3.05) is 0 Å². The summed E-state index contributed by atoms with van der Waals surface area (Å²) in [4.78, 5) is 0. The summed E-state index contributed by atoms with van der Waals surface area (Å²) in [5.41, 5.74) is 7.26. The molecule has 2 rings (SSSR count). The number of hydrogen-bond acceptors (Lipinski definition) is 0. The molecule has 1 aromatic carbocycles. The van der Waals surface area contributed by atoms with E-state index in [4.69, 9.17) is 0 Å². The second-order valence-corrected chi connectivity index (χ2v) is 12.8. The van der Waals surface area contributed by atoms with E-state index in [0.717, 1.165) is 0 Å². The number of hydrogen-bond donors (Lipinski definition) is 0. The summed E-state index contributed by atoms with van der Waals surface area (Å²) in [6.45, 7) is 18.6. The normalized spacial score (nSPS) is 18.4. The molecular weight excluding hydrogens is 388 g/mol. The van der Waals surface area contributed by atoms with Crippen LogP contribution in [-0.2, 0) is 21.7 Å². The predicted molar refractivity (Wildman–Crippen MR) is 130 cm³/mol. The molecule has 156 valence electrons. The Morgan fingerprint density at radius 3 is 1.57 bits per heavy atom. The molecule has 0 saturated carbocycles. The molecule has 0 bridgehead atoms. The summed E-state index contributed by atoms with van der Waals surface area (Å²) in [6.07, 6.45) is 6.51. The Labute approximate surface area is 194 Å². The zero-order chi connectivity index (χ0) is 18.1. The molecule has 0 N–H and O–H groups in total. The molecule has 0 aromatic heterocycles. The van der Waals surface area contributed by atoms with Crippen LogP contribution < -0.4 is 5.19 Å². The molecule has 1 atom stereocenters. The van der Waals surface area contributed by atoms with Gasteiger partial charge < -0.3 is 22.3 Å². The van der Waals surface area contributed by atoms with Crippen molar-refractivity contribution in [2.24, 2.45) is 0 Å². The van der Waals surface area contributed by atoms with E-state index in [2.05, 4.69) is 79.7 Å². The Hall–Kier alpha value is -0.369. The van der Waals surface area contributed by atoms with E-state index >= 15 is 0 Å². The van der Waals surface area contributed by atoms with Gasteiger partial charge in [-0.3, -0.25) is 6.08 Å². The standard InChI is InChI=1S/C23H35Si.3CH3.Ti/c1-9-11-24(12-10-2,22-14-17(3)13-18(4)15-22)23(8)16-19(5)20(6)21(23)7;;;;/h13-15H,9-12H2,1-8H3;3*1H3;/q4*-1;+4. The molecule has 1 aliphatic rings. The third-order valence-corrected chi connectivity index (χ3v) is 12.9. The molecule has 2 heteroatoms. The Balaban J connectivity index is -0.00000156. The molecule has 1 unspecified atom stereocenters. The average Bonchev–Trinajstić information content (AvgIpc) is 2.70. The molecule has 0 fully saturated rings. The van der Waals surface area contributed by atoms with Gasteiger partial charge in [-0.1, -0.05) is 99.1 Å². The molecule has 0 heterocycles. The second-order valence-electron chi connectivity index (χ2n) is 8.08. The van der Waals surface area contributed by atoms with Crippen LogP contribution in [0.25, 0.3) is 0 Å². The third-order valence-electron chi connectivity index (χ3n) is 6.40. The smallest absolute Gasteiger partial charge is 0.358 e. The topological polar surface area (TPSA) is 0 Å². The summed E-state index contributed by atoms with van der Waals surface area (Å²) in [6, 6.07) is 10.0. The van der Waals surface area contributed by atoms with Crippen LogP contribution in [0, 0.1) is 42.2 Å². The SMILES string of the molecule is CCC[Si](CCC)(c1cc(C)cc(C)c1)C1(C)[C-]=C(C)C(C)=C1C.[CH3-].[CH3-].[CH3-].[Ti+4]. The summed E-state index contributed by atoms with van der Waals surface area (Å²) >= 11 is 0. The molecule has 0 radical (unpaired) electrons. The van der Waals surface area contributed by atoms with Crippen molar-refractivity contribution >= 4 is 13.3 Å². The van der Waals surface area contributed by atoms with E-state index in [0.29, 0.717) is 0 Å². The number of allylic oxidation sites excluding steroid dienone is 4. The molecule has 0 nitrogen and oxygen atoms in total. The van der Waals surface area contributed by atoms with Gasteiger partial charge >= 0.3 is 21.7 Å². The van der Waals surface area contributed by atoms with Gasteiger partial charge in [0.2, 0.25) is 0 Å². The van der Waals surface area contributed by atoms with E-state index < -0.39 is 8.07 Å². The Morgan fingerprint density at radius 2 is 1.25 bits per heavy atom. The van der Waals surface area contributed by atoms with Crippen molar-refractivity contribution in [3.63, 3.8) is 0 Å². The first-order valence-electron chi connectivity index (χ1n) is 9.60. The van der Waals surface area contributed by atoms with Crippen molar-refractivity contribution in [3.05, 3.63) is 74.4 Å². The van der Waals surface area contributed by atoms with Gasteiger partial charge in [-0.25, -0.2) is 5.57 Å². The first kappa shape index (κ1) is 32.3. The van der Waals surface area contributed by atoms with E-state index in [1.807, 2.05) is 0 Å². The average molecular weight is 433 g/mol. The van der Waals surface area contributed by atoms with E-state index in [-0.39, 0.29) is 49.0 Å². The van der Waals surface area contributed by atoms with Gasteiger partial charge in [0, 0.05) is 0 Å². The van der Waals surface area contributed by atoms with Gasteiger partial charge in [-0.05, 0) is 13.8 Å².